The zero-order valence-electron chi connectivity index (χ0n) is 20.4. The molecule has 5 rings (SSSR count). The van der Waals surface area contributed by atoms with Gasteiger partial charge in [-0.3, -0.25) is 23.9 Å². The number of fused-ring (bicyclic) bond motifs is 2. The lowest BCUT2D eigenvalue weighted by atomic mass is 10.0. The molecule has 2 N–H and O–H groups in total. The monoisotopic (exact) mass is 489 g/mol. The maximum Gasteiger partial charge on any atom is 0.329 e. The minimum atomic E-state index is -0.631. The molecule has 4 heterocycles. The number of carbonyl (C=O) groups is 2. The number of hydrogen-bond acceptors (Lipinski definition) is 6. The first-order valence-electron chi connectivity index (χ1n) is 12.0. The number of piperazine rings is 1. The molecule has 1 aliphatic heterocycles. The summed E-state index contributed by atoms with van der Waals surface area (Å²) in [5, 5.41) is 0.109. The second-order valence-electron chi connectivity index (χ2n) is 9.17. The largest absolute Gasteiger partial charge is 0.345 e. The first kappa shape index (κ1) is 23.5. The number of amides is 2. The molecule has 3 aromatic heterocycles. The van der Waals surface area contributed by atoms with Crippen LogP contribution in [-0.4, -0.2) is 72.3 Å². The van der Waals surface area contributed by atoms with Crippen molar-refractivity contribution in [3.63, 3.8) is 0 Å². The molecule has 11 nitrogen and oxygen atoms in total. The number of pyridine rings is 1. The quantitative estimate of drug-likeness (QED) is 0.448. The van der Waals surface area contributed by atoms with Crippen LogP contribution >= 0.6 is 0 Å². The van der Waals surface area contributed by atoms with Crippen LogP contribution in [0.4, 0.5) is 0 Å². The number of hydrogen-bond donors (Lipinski definition) is 2. The van der Waals surface area contributed by atoms with Gasteiger partial charge in [0.05, 0.1) is 28.3 Å². The van der Waals surface area contributed by atoms with E-state index in [2.05, 4.69) is 19.9 Å². The minimum absolute atomic E-state index is 0.0117. The second kappa shape index (κ2) is 9.06. The van der Waals surface area contributed by atoms with Gasteiger partial charge in [0, 0.05) is 44.0 Å². The van der Waals surface area contributed by atoms with Crippen molar-refractivity contribution in [1.29, 1.82) is 0 Å². The Labute approximate surface area is 205 Å². The Morgan fingerprint density at radius 2 is 1.72 bits per heavy atom. The lowest BCUT2D eigenvalue weighted by molar-refractivity contribution is 0.0536. The van der Waals surface area contributed by atoms with E-state index in [0.717, 1.165) is 11.0 Å². The molecule has 0 spiro atoms. The molecule has 36 heavy (non-hydrogen) atoms. The normalized spacial score (nSPS) is 14.2. The average molecular weight is 490 g/mol. The summed E-state index contributed by atoms with van der Waals surface area (Å²) in [6.45, 7) is 7.34. The molecule has 1 aliphatic rings. The van der Waals surface area contributed by atoms with E-state index in [1.165, 1.54) is 4.57 Å². The molecular weight excluding hydrogens is 462 g/mol. The smallest absolute Gasteiger partial charge is 0.329 e. The maximum atomic E-state index is 13.6. The van der Waals surface area contributed by atoms with Crippen LogP contribution in [0.3, 0.4) is 0 Å². The third kappa shape index (κ3) is 3.96. The van der Waals surface area contributed by atoms with Crippen molar-refractivity contribution >= 4 is 33.9 Å². The highest BCUT2D eigenvalue weighted by Gasteiger charge is 2.28. The Morgan fingerprint density at radius 1 is 1.03 bits per heavy atom. The van der Waals surface area contributed by atoms with Crippen molar-refractivity contribution in [3.8, 4) is 0 Å². The first-order chi connectivity index (χ1) is 17.3. The molecule has 0 saturated carbocycles. The molecule has 1 aromatic carbocycles. The van der Waals surface area contributed by atoms with Gasteiger partial charge in [-0.1, -0.05) is 13.8 Å². The van der Waals surface area contributed by atoms with E-state index in [1.807, 2.05) is 13.8 Å². The van der Waals surface area contributed by atoms with E-state index in [1.54, 1.807) is 47.3 Å². The summed E-state index contributed by atoms with van der Waals surface area (Å²) in [6, 6.07) is 6.97. The van der Waals surface area contributed by atoms with Crippen LogP contribution in [0.1, 0.15) is 53.1 Å². The molecule has 0 aliphatic carbocycles. The molecule has 186 valence electrons. The van der Waals surface area contributed by atoms with E-state index < -0.39 is 11.2 Å². The Hall–Kier alpha value is -4.28. The summed E-state index contributed by atoms with van der Waals surface area (Å²) in [6.07, 6.45) is 1.59. The molecule has 0 atom stereocenters. The molecule has 2 amide bonds. The van der Waals surface area contributed by atoms with E-state index in [0.29, 0.717) is 44.0 Å². The SMILES string of the molecule is CCn1c(=O)[nH]c(=O)c2c(C(=O)N3CCN(C(=O)c4ccc5nc[nH]c5c4)CC3)cc(C(C)C)nc21. The number of H-pyrrole nitrogens is 2. The molecule has 1 saturated heterocycles. The highest BCUT2D eigenvalue weighted by atomic mass is 16.2. The lowest BCUT2D eigenvalue weighted by Gasteiger charge is -2.35. The van der Waals surface area contributed by atoms with Crippen molar-refractivity contribution in [1.82, 2.24) is 34.3 Å². The van der Waals surface area contributed by atoms with Gasteiger partial charge in [0.25, 0.3) is 17.4 Å². The van der Waals surface area contributed by atoms with Crippen molar-refractivity contribution in [2.45, 2.75) is 33.2 Å². The highest BCUT2D eigenvalue weighted by molar-refractivity contribution is 6.05. The van der Waals surface area contributed by atoms with Crippen LogP contribution in [0.5, 0.6) is 0 Å². The van der Waals surface area contributed by atoms with Crippen molar-refractivity contribution in [2.24, 2.45) is 0 Å². The molecule has 0 unspecified atom stereocenters. The molecule has 4 aromatic rings. The van der Waals surface area contributed by atoms with Crippen LogP contribution in [0.25, 0.3) is 22.1 Å². The number of aromatic amines is 2. The zero-order chi connectivity index (χ0) is 25.6. The summed E-state index contributed by atoms with van der Waals surface area (Å²) in [4.78, 5) is 69.2. The van der Waals surface area contributed by atoms with Crippen molar-refractivity contribution < 1.29 is 9.59 Å². The topological polar surface area (TPSA) is 137 Å². The van der Waals surface area contributed by atoms with E-state index >= 15 is 0 Å². The number of benzene rings is 1. The van der Waals surface area contributed by atoms with E-state index in [4.69, 9.17) is 0 Å². The number of carbonyl (C=O) groups excluding carboxylic acids is 2. The predicted octanol–water partition coefficient (Wildman–Crippen LogP) is 1.70. The molecular formula is C25H27N7O4. The summed E-state index contributed by atoms with van der Waals surface area (Å²) in [5.41, 5.74) is 2.00. The van der Waals surface area contributed by atoms with Gasteiger partial charge in [-0.15, -0.1) is 0 Å². The lowest BCUT2D eigenvalue weighted by Crippen LogP contribution is -2.50. The summed E-state index contributed by atoms with van der Waals surface area (Å²) < 4.78 is 1.37. The summed E-state index contributed by atoms with van der Waals surface area (Å²) >= 11 is 0. The fourth-order valence-electron chi connectivity index (χ4n) is 4.59. The molecule has 1 fully saturated rings. The van der Waals surface area contributed by atoms with Crippen molar-refractivity contribution in [3.05, 3.63) is 68.3 Å². The fraction of sp³-hybridized carbons (Fsp3) is 0.360. The van der Waals surface area contributed by atoms with Crippen LogP contribution < -0.4 is 11.2 Å². The van der Waals surface area contributed by atoms with Crippen molar-refractivity contribution in [2.75, 3.05) is 26.2 Å². The van der Waals surface area contributed by atoms with Gasteiger partial charge in [0.2, 0.25) is 0 Å². The van der Waals surface area contributed by atoms with Crippen LogP contribution in [0.15, 0.2) is 40.2 Å². The Morgan fingerprint density at radius 3 is 2.39 bits per heavy atom. The summed E-state index contributed by atoms with van der Waals surface area (Å²) in [7, 11) is 0. The number of nitrogens with one attached hydrogen (secondary N) is 2. The van der Waals surface area contributed by atoms with Crippen LogP contribution in [-0.2, 0) is 6.54 Å². The van der Waals surface area contributed by atoms with Gasteiger partial charge in [-0.25, -0.2) is 14.8 Å². The fourth-order valence-corrected chi connectivity index (χ4v) is 4.59. The Bertz CT molecular complexity index is 1610. The third-order valence-electron chi connectivity index (χ3n) is 6.63. The van der Waals surface area contributed by atoms with Crippen LogP contribution in [0.2, 0.25) is 0 Å². The minimum Gasteiger partial charge on any atom is -0.345 e. The number of rotatable bonds is 4. The van der Waals surface area contributed by atoms with Gasteiger partial charge < -0.3 is 14.8 Å². The summed E-state index contributed by atoms with van der Waals surface area (Å²) in [5.74, 6) is -0.442. The molecule has 0 radical (unpaired) electrons. The standard InChI is InChI=1S/C25H27N7O4/c1-4-32-21-20(22(33)29-25(32)36)16(12-18(28-21)14(2)3)24(35)31-9-7-30(8-10-31)23(34)15-5-6-17-19(11-15)27-13-26-17/h5-6,11-14H,4,7-10H2,1-3H3,(H,26,27)(H,29,33,36). The first-order valence-corrected chi connectivity index (χ1v) is 12.0. The third-order valence-corrected chi connectivity index (χ3v) is 6.63. The highest BCUT2D eigenvalue weighted by Crippen LogP contribution is 2.22. The number of aryl methyl sites for hydroxylation is 1. The average Bonchev–Trinajstić information content (AvgIpc) is 3.35. The Kier molecular flexibility index (Phi) is 5.91. The molecule has 0 bridgehead atoms. The van der Waals surface area contributed by atoms with Gasteiger partial charge in [0.1, 0.15) is 0 Å². The Balaban J connectivity index is 1.43. The number of nitrogens with zero attached hydrogens (tertiary/aromatic N) is 5. The second-order valence-corrected chi connectivity index (χ2v) is 9.17. The van der Waals surface area contributed by atoms with Gasteiger partial charge in [-0.2, -0.15) is 0 Å². The maximum absolute atomic E-state index is 13.6. The van der Waals surface area contributed by atoms with Gasteiger partial charge in [-0.05, 0) is 37.1 Å². The predicted molar refractivity (Wildman–Crippen MR) is 134 cm³/mol. The van der Waals surface area contributed by atoms with E-state index in [9.17, 15) is 19.2 Å². The number of aromatic nitrogens is 5. The van der Waals surface area contributed by atoms with Crippen LogP contribution in [0, 0.1) is 0 Å². The number of imidazole rings is 1. The van der Waals surface area contributed by atoms with E-state index in [-0.39, 0.29) is 34.3 Å². The molecule has 11 heteroatoms. The zero-order valence-corrected chi connectivity index (χ0v) is 20.4. The van der Waals surface area contributed by atoms with Gasteiger partial charge >= 0.3 is 5.69 Å². The van der Waals surface area contributed by atoms with Gasteiger partial charge in [0.15, 0.2) is 5.65 Å².